The molecule has 0 aliphatic carbocycles. The summed E-state index contributed by atoms with van der Waals surface area (Å²) in [5.74, 6) is -0.0455. The third kappa shape index (κ3) is 3.91. The van der Waals surface area contributed by atoms with Crippen LogP contribution in [0.5, 0.6) is 0 Å². The highest BCUT2D eigenvalue weighted by Crippen LogP contribution is 2.13. The van der Waals surface area contributed by atoms with Gasteiger partial charge >= 0.3 is 5.97 Å². The minimum absolute atomic E-state index is 0.174. The van der Waals surface area contributed by atoms with Crippen molar-refractivity contribution in [2.45, 2.75) is 33.6 Å². The summed E-state index contributed by atoms with van der Waals surface area (Å²) in [6.45, 7) is 5.67. The van der Waals surface area contributed by atoms with Crippen LogP contribution in [-0.2, 0) is 4.79 Å². The molecule has 5 heteroatoms. The van der Waals surface area contributed by atoms with Crippen molar-refractivity contribution < 1.29 is 19.1 Å². The Morgan fingerprint density at radius 2 is 2.11 bits per heavy atom. The molecule has 2 N–H and O–H groups in total. The predicted octanol–water partition coefficient (Wildman–Crippen LogP) is 2.13. The fourth-order valence-corrected chi connectivity index (χ4v) is 1.69. The van der Waals surface area contributed by atoms with Gasteiger partial charge in [0.1, 0.15) is 11.5 Å². The molecule has 5 nitrogen and oxygen atoms in total. The Morgan fingerprint density at radius 1 is 1.44 bits per heavy atom. The number of aryl methyl sites for hydroxylation is 2. The normalized spacial score (nSPS) is 12.2. The van der Waals surface area contributed by atoms with E-state index in [-0.39, 0.29) is 11.8 Å². The molecular formula is C13H19NO4. The van der Waals surface area contributed by atoms with Gasteiger partial charge < -0.3 is 14.8 Å². The van der Waals surface area contributed by atoms with Crippen LogP contribution in [0.15, 0.2) is 10.5 Å². The van der Waals surface area contributed by atoms with E-state index in [9.17, 15) is 9.59 Å². The van der Waals surface area contributed by atoms with E-state index in [2.05, 4.69) is 5.32 Å². The van der Waals surface area contributed by atoms with Crippen molar-refractivity contribution in [2.24, 2.45) is 5.92 Å². The van der Waals surface area contributed by atoms with Gasteiger partial charge in [0, 0.05) is 6.54 Å². The maximum atomic E-state index is 11.8. The molecule has 0 saturated heterocycles. The highest BCUT2D eigenvalue weighted by atomic mass is 16.4. The van der Waals surface area contributed by atoms with Gasteiger partial charge in [-0.25, -0.2) is 0 Å². The van der Waals surface area contributed by atoms with Gasteiger partial charge in [-0.2, -0.15) is 0 Å². The molecule has 0 aliphatic heterocycles. The van der Waals surface area contributed by atoms with Crippen LogP contribution in [0.2, 0.25) is 0 Å². The molecule has 0 fully saturated rings. The zero-order valence-electron chi connectivity index (χ0n) is 10.9. The number of rotatable bonds is 6. The van der Waals surface area contributed by atoms with E-state index in [1.54, 1.807) is 26.8 Å². The number of carboxylic acids is 1. The highest BCUT2D eigenvalue weighted by Gasteiger charge is 2.13. The Labute approximate surface area is 106 Å². The number of nitrogens with one attached hydrogen (secondary N) is 1. The molecule has 18 heavy (non-hydrogen) atoms. The summed E-state index contributed by atoms with van der Waals surface area (Å²) < 4.78 is 5.27. The lowest BCUT2D eigenvalue weighted by atomic mass is 10.1. The van der Waals surface area contributed by atoms with E-state index >= 15 is 0 Å². The first kappa shape index (κ1) is 14.3. The number of carbonyl (C=O) groups excluding carboxylic acids is 1. The van der Waals surface area contributed by atoms with Crippen LogP contribution in [0.4, 0.5) is 0 Å². The lowest BCUT2D eigenvalue weighted by Gasteiger charge is -2.06. The average Bonchev–Trinajstić information content (AvgIpc) is 2.63. The monoisotopic (exact) mass is 253 g/mol. The topological polar surface area (TPSA) is 79.5 Å². The summed E-state index contributed by atoms with van der Waals surface area (Å²) in [6.07, 6.45) is 1.20. The Kier molecular flexibility index (Phi) is 4.95. The standard InChI is InChI=1S/C13H19NO4/c1-8(13(16)17)5-4-6-14-12(15)11-7-9(2)18-10(11)3/h7-8H,4-6H2,1-3H3,(H,14,15)(H,16,17). The first-order valence-electron chi connectivity index (χ1n) is 6.00. The number of amides is 1. The molecule has 0 saturated carbocycles. The zero-order chi connectivity index (χ0) is 13.7. The smallest absolute Gasteiger partial charge is 0.306 e. The van der Waals surface area contributed by atoms with Gasteiger partial charge in [-0.3, -0.25) is 9.59 Å². The summed E-state index contributed by atoms with van der Waals surface area (Å²) in [6, 6.07) is 1.70. The van der Waals surface area contributed by atoms with E-state index in [0.717, 1.165) is 0 Å². The molecule has 1 rings (SSSR count). The Bertz CT molecular complexity index is 436. The molecular weight excluding hydrogens is 234 g/mol. The van der Waals surface area contributed by atoms with E-state index in [0.29, 0.717) is 36.5 Å². The fourth-order valence-electron chi connectivity index (χ4n) is 1.69. The fraction of sp³-hybridized carbons (Fsp3) is 0.538. The second-order valence-electron chi connectivity index (χ2n) is 4.46. The van der Waals surface area contributed by atoms with Crippen molar-refractivity contribution >= 4 is 11.9 Å². The number of hydrogen-bond donors (Lipinski definition) is 2. The first-order valence-corrected chi connectivity index (χ1v) is 6.00. The minimum atomic E-state index is -0.803. The summed E-state index contributed by atoms with van der Waals surface area (Å²) in [4.78, 5) is 22.4. The van der Waals surface area contributed by atoms with Crippen LogP contribution in [-0.4, -0.2) is 23.5 Å². The largest absolute Gasteiger partial charge is 0.481 e. The molecule has 1 amide bonds. The maximum absolute atomic E-state index is 11.8. The Balaban J connectivity index is 2.34. The number of aliphatic carboxylic acids is 1. The number of hydrogen-bond acceptors (Lipinski definition) is 3. The second kappa shape index (κ2) is 6.23. The van der Waals surface area contributed by atoms with E-state index in [1.807, 2.05) is 0 Å². The first-order chi connectivity index (χ1) is 8.41. The lowest BCUT2D eigenvalue weighted by molar-refractivity contribution is -0.141. The second-order valence-corrected chi connectivity index (χ2v) is 4.46. The summed E-state index contributed by atoms with van der Waals surface area (Å²) in [5, 5.41) is 11.5. The van der Waals surface area contributed by atoms with Crippen molar-refractivity contribution in [1.29, 1.82) is 0 Å². The van der Waals surface area contributed by atoms with E-state index in [1.165, 1.54) is 0 Å². The summed E-state index contributed by atoms with van der Waals surface area (Å²) in [5.41, 5.74) is 0.541. The van der Waals surface area contributed by atoms with Crippen LogP contribution < -0.4 is 5.32 Å². The van der Waals surface area contributed by atoms with Gasteiger partial charge in [0.2, 0.25) is 0 Å². The van der Waals surface area contributed by atoms with Crippen LogP contribution >= 0.6 is 0 Å². The van der Waals surface area contributed by atoms with Crippen LogP contribution in [0.1, 0.15) is 41.6 Å². The minimum Gasteiger partial charge on any atom is -0.481 e. The summed E-state index contributed by atoms with van der Waals surface area (Å²) >= 11 is 0. The van der Waals surface area contributed by atoms with Gasteiger partial charge in [-0.15, -0.1) is 0 Å². The van der Waals surface area contributed by atoms with Gasteiger partial charge in [0.05, 0.1) is 11.5 Å². The van der Waals surface area contributed by atoms with Crippen molar-refractivity contribution in [2.75, 3.05) is 6.54 Å². The molecule has 0 spiro atoms. The van der Waals surface area contributed by atoms with E-state index in [4.69, 9.17) is 9.52 Å². The Morgan fingerprint density at radius 3 is 2.61 bits per heavy atom. The van der Waals surface area contributed by atoms with Crippen LogP contribution in [0.25, 0.3) is 0 Å². The quantitative estimate of drug-likeness (QED) is 0.761. The van der Waals surface area contributed by atoms with E-state index < -0.39 is 5.97 Å². The van der Waals surface area contributed by atoms with Gasteiger partial charge in [-0.1, -0.05) is 6.92 Å². The molecule has 1 heterocycles. The predicted molar refractivity (Wildman–Crippen MR) is 66.5 cm³/mol. The molecule has 0 radical (unpaired) electrons. The third-order valence-corrected chi connectivity index (χ3v) is 2.81. The maximum Gasteiger partial charge on any atom is 0.306 e. The molecule has 0 aliphatic rings. The SMILES string of the molecule is Cc1cc(C(=O)NCCCC(C)C(=O)O)c(C)o1. The van der Waals surface area contributed by atoms with Crippen molar-refractivity contribution in [3.8, 4) is 0 Å². The van der Waals surface area contributed by atoms with Crippen molar-refractivity contribution in [3.05, 3.63) is 23.2 Å². The van der Waals surface area contributed by atoms with Crippen LogP contribution in [0, 0.1) is 19.8 Å². The lowest BCUT2D eigenvalue weighted by Crippen LogP contribution is -2.25. The summed E-state index contributed by atoms with van der Waals surface area (Å²) in [7, 11) is 0. The molecule has 100 valence electrons. The number of carboxylic acid groups (broad SMARTS) is 1. The molecule has 0 bridgehead atoms. The van der Waals surface area contributed by atoms with Gasteiger partial charge in [0.15, 0.2) is 0 Å². The molecule has 1 atom stereocenters. The highest BCUT2D eigenvalue weighted by molar-refractivity contribution is 5.95. The number of carbonyl (C=O) groups is 2. The molecule has 1 aromatic heterocycles. The van der Waals surface area contributed by atoms with Crippen LogP contribution in [0.3, 0.4) is 0 Å². The number of furan rings is 1. The Hall–Kier alpha value is -1.78. The zero-order valence-corrected chi connectivity index (χ0v) is 10.9. The average molecular weight is 253 g/mol. The van der Waals surface area contributed by atoms with Crippen molar-refractivity contribution in [3.63, 3.8) is 0 Å². The van der Waals surface area contributed by atoms with Crippen molar-refractivity contribution in [1.82, 2.24) is 5.32 Å². The molecule has 0 aromatic carbocycles. The van der Waals surface area contributed by atoms with Gasteiger partial charge in [0.25, 0.3) is 5.91 Å². The third-order valence-electron chi connectivity index (χ3n) is 2.81. The van der Waals surface area contributed by atoms with Gasteiger partial charge in [-0.05, 0) is 32.8 Å². The molecule has 1 aromatic rings. The molecule has 1 unspecified atom stereocenters.